The van der Waals surface area contributed by atoms with Crippen LogP contribution in [0.25, 0.3) is 10.8 Å². The van der Waals surface area contributed by atoms with E-state index in [0.29, 0.717) is 17.7 Å². The Morgan fingerprint density at radius 3 is 2.10 bits per heavy atom. The molecule has 0 aliphatic carbocycles. The van der Waals surface area contributed by atoms with E-state index in [0.717, 1.165) is 42.2 Å². The van der Waals surface area contributed by atoms with Gasteiger partial charge in [0.15, 0.2) is 0 Å². The van der Waals surface area contributed by atoms with Crippen molar-refractivity contribution in [2.45, 2.75) is 83.0 Å². The molecule has 2 amide bonds. The van der Waals surface area contributed by atoms with Crippen LogP contribution in [0.2, 0.25) is 0 Å². The van der Waals surface area contributed by atoms with E-state index in [-0.39, 0.29) is 11.8 Å². The Kier molecular flexibility index (Phi) is 8.80. The summed E-state index contributed by atoms with van der Waals surface area (Å²) in [7, 11) is 0. The molecule has 2 aromatic rings. The number of imide groups is 1. The fourth-order valence-corrected chi connectivity index (χ4v) is 5.27. The predicted molar refractivity (Wildman–Crippen MR) is 128 cm³/mol. The van der Waals surface area contributed by atoms with Crippen molar-refractivity contribution in [3.05, 3.63) is 41.5 Å². The lowest BCUT2D eigenvalue weighted by Crippen LogP contribution is -2.40. The molecule has 1 heterocycles. The van der Waals surface area contributed by atoms with Crippen LogP contribution in [0.15, 0.2) is 35.2 Å². The van der Waals surface area contributed by atoms with Gasteiger partial charge in [0, 0.05) is 28.0 Å². The molecule has 0 saturated heterocycles. The van der Waals surface area contributed by atoms with Crippen LogP contribution < -0.4 is 0 Å². The first-order chi connectivity index (χ1) is 14.7. The highest BCUT2D eigenvalue weighted by Crippen LogP contribution is 2.36. The maximum absolute atomic E-state index is 13.1. The lowest BCUT2D eigenvalue weighted by molar-refractivity contribution is 0.0607. The number of carbonyl (C=O) groups excluding carboxylic acids is 2. The van der Waals surface area contributed by atoms with E-state index in [4.69, 9.17) is 0 Å². The zero-order valence-corrected chi connectivity index (χ0v) is 19.4. The van der Waals surface area contributed by atoms with Gasteiger partial charge in [-0.05, 0) is 42.2 Å². The van der Waals surface area contributed by atoms with Crippen molar-refractivity contribution < 1.29 is 9.59 Å². The van der Waals surface area contributed by atoms with Gasteiger partial charge in [-0.2, -0.15) is 0 Å². The number of thioether (sulfide) groups is 1. The lowest BCUT2D eigenvalue weighted by Gasteiger charge is -2.27. The molecule has 0 unspecified atom stereocenters. The van der Waals surface area contributed by atoms with Crippen molar-refractivity contribution in [3.8, 4) is 0 Å². The standard InChI is InChI=1S/C26H35NO2S/c1-3-5-7-9-10-12-19-30-23-17-16-22-24-20(23)14-13-15-21(24)25(28)27(26(22)29)18-11-8-6-4-2/h13-17H,3-12,18-19H2,1-2H3. The highest BCUT2D eigenvalue weighted by Gasteiger charge is 2.32. The molecule has 0 fully saturated rings. The maximum atomic E-state index is 13.1. The fourth-order valence-electron chi connectivity index (χ4n) is 4.21. The lowest BCUT2D eigenvalue weighted by atomic mass is 9.94. The van der Waals surface area contributed by atoms with Crippen molar-refractivity contribution in [3.63, 3.8) is 0 Å². The van der Waals surface area contributed by atoms with E-state index in [1.165, 1.54) is 48.3 Å². The van der Waals surface area contributed by atoms with Crippen molar-refractivity contribution in [2.24, 2.45) is 0 Å². The first-order valence-electron chi connectivity index (χ1n) is 11.7. The molecule has 30 heavy (non-hydrogen) atoms. The molecule has 0 radical (unpaired) electrons. The van der Waals surface area contributed by atoms with Crippen LogP contribution in [0.5, 0.6) is 0 Å². The van der Waals surface area contributed by atoms with Gasteiger partial charge in [-0.1, -0.05) is 77.3 Å². The van der Waals surface area contributed by atoms with Crippen LogP contribution >= 0.6 is 11.8 Å². The number of hydrogen-bond donors (Lipinski definition) is 0. The van der Waals surface area contributed by atoms with E-state index in [2.05, 4.69) is 26.0 Å². The monoisotopic (exact) mass is 425 g/mol. The van der Waals surface area contributed by atoms with Gasteiger partial charge in [0.25, 0.3) is 11.8 Å². The third kappa shape index (κ3) is 5.26. The van der Waals surface area contributed by atoms with E-state index in [1.54, 1.807) is 0 Å². The molecule has 3 rings (SSSR count). The van der Waals surface area contributed by atoms with Gasteiger partial charge < -0.3 is 0 Å². The van der Waals surface area contributed by atoms with Gasteiger partial charge in [0.1, 0.15) is 0 Å². The summed E-state index contributed by atoms with van der Waals surface area (Å²) >= 11 is 1.85. The van der Waals surface area contributed by atoms with Crippen molar-refractivity contribution in [2.75, 3.05) is 12.3 Å². The second kappa shape index (κ2) is 11.5. The zero-order chi connectivity index (χ0) is 21.3. The smallest absolute Gasteiger partial charge is 0.261 e. The number of amides is 2. The van der Waals surface area contributed by atoms with Crippen LogP contribution in [0.1, 0.15) is 98.8 Å². The molecule has 162 valence electrons. The highest BCUT2D eigenvalue weighted by atomic mass is 32.2. The summed E-state index contributed by atoms with van der Waals surface area (Å²) in [5.41, 5.74) is 1.36. The largest absolute Gasteiger partial charge is 0.274 e. The molecule has 1 aliphatic heterocycles. The SMILES string of the molecule is CCCCCCCCSc1ccc2c3c(cccc13)C(=O)N(CCCCCC)C2=O. The van der Waals surface area contributed by atoms with Gasteiger partial charge in [0.2, 0.25) is 0 Å². The third-order valence-electron chi connectivity index (χ3n) is 5.94. The minimum absolute atomic E-state index is 0.132. The summed E-state index contributed by atoms with van der Waals surface area (Å²) in [5, 5.41) is 1.90. The number of nitrogens with zero attached hydrogens (tertiary/aromatic N) is 1. The molecular formula is C26H35NO2S. The Morgan fingerprint density at radius 2 is 1.37 bits per heavy atom. The molecule has 3 nitrogen and oxygen atoms in total. The highest BCUT2D eigenvalue weighted by molar-refractivity contribution is 7.99. The summed E-state index contributed by atoms with van der Waals surface area (Å²) in [6, 6.07) is 9.90. The number of rotatable bonds is 13. The second-order valence-corrected chi connectivity index (χ2v) is 9.41. The molecule has 0 N–H and O–H groups in total. The van der Waals surface area contributed by atoms with Crippen LogP contribution in [0, 0.1) is 0 Å². The summed E-state index contributed by atoms with van der Waals surface area (Å²) in [5.74, 6) is 0.816. The Labute approximate surface area is 185 Å². The van der Waals surface area contributed by atoms with Crippen molar-refractivity contribution in [1.82, 2.24) is 4.90 Å². The average Bonchev–Trinajstić information content (AvgIpc) is 2.76. The fraction of sp³-hybridized carbons (Fsp3) is 0.538. The Bertz CT molecular complexity index is 854. The topological polar surface area (TPSA) is 37.4 Å². The Balaban J connectivity index is 1.72. The van der Waals surface area contributed by atoms with Crippen LogP contribution in [0.4, 0.5) is 0 Å². The van der Waals surface area contributed by atoms with Gasteiger partial charge in [0.05, 0.1) is 0 Å². The van der Waals surface area contributed by atoms with Crippen LogP contribution in [-0.2, 0) is 0 Å². The first-order valence-corrected chi connectivity index (χ1v) is 12.7. The minimum atomic E-state index is -0.132. The number of benzene rings is 2. The molecule has 0 aromatic heterocycles. The average molecular weight is 426 g/mol. The van der Waals surface area contributed by atoms with E-state index >= 15 is 0 Å². The van der Waals surface area contributed by atoms with Gasteiger partial charge in [-0.15, -0.1) is 11.8 Å². The molecule has 0 spiro atoms. The number of unbranched alkanes of at least 4 members (excludes halogenated alkanes) is 8. The Morgan fingerprint density at radius 1 is 0.733 bits per heavy atom. The van der Waals surface area contributed by atoms with E-state index in [1.807, 2.05) is 30.0 Å². The van der Waals surface area contributed by atoms with Crippen molar-refractivity contribution in [1.29, 1.82) is 0 Å². The first kappa shape index (κ1) is 22.9. The van der Waals surface area contributed by atoms with Gasteiger partial charge >= 0.3 is 0 Å². The molecule has 0 atom stereocenters. The van der Waals surface area contributed by atoms with Crippen LogP contribution in [-0.4, -0.2) is 29.0 Å². The number of carbonyl (C=O) groups is 2. The zero-order valence-electron chi connectivity index (χ0n) is 18.5. The molecule has 4 heteroatoms. The molecule has 0 saturated carbocycles. The maximum Gasteiger partial charge on any atom is 0.261 e. The minimum Gasteiger partial charge on any atom is -0.274 e. The molecular weight excluding hydrogens is 390 g/mol. The molecule has 1 aliphatic rings. The predicted octanol–water partition coefficient (Wildman–Crippen LogP) is 7.47. The van der Waals surface area contributed by atoms with Gasteiger partial charge in [-0.25, -0.2) is 0 Å². The summed E-state index contributed by atoms with van der Waals surface area (Å²) in [6.07, 6.45) is 12.0. The van der Waals surface area contributed by atoms with Gasteiger partial charge in [-0.3, -0.25) is 14.5 Å². The van der Waals surface area contributed by atoms with E-state index < -0.39 is 0 Å². The van der Waals surface area contributed by atoms with Crippen molar-refractivity contribution >= 4 is 34.3 Å². The third-order valence-corrected chi connectivity index (χ3v) is 7.10. The van der Waals surface area contributed by atoms with Crippen LogP contribution in [0.3, 0.4) is 0 Å². The summed E-state index contributed by atoms with van der Waals surface area (Å²) in [6.45, 7) is 4.92. The normalized spacial score (nSPS) is 13.5. The summed E-state index contributed by atoms with van der Waals surface area (Å²) < 4.78 is 0. The second-order valence-electron chi connectivity index (χ2n) is 8.28. The Hall–Kier alpha value is -1.81. The molecule has 2 aromatic carbocycles. The van der Waals surface area contributed by atoms with E-state index in [9.17, 15) is 9.59 Å². The summed E-state index contributed by atoms with van der Waals surface area (Å²) in [4.78, 5) is 28.8. The molecule has 0 bridgehead atoms. The quantitative estimate of drug-likeness (QED) is 0.190. The number of hydrogen-bond acceptors (Lipinski definition) is 3.